The van der Waals surface area contributed by atoms with Crippen LogP contribution in [0.4, 0.5) is 16.2 Å². The third kappa shape index (κ3) is 6.80. The van der Waals surface area contributed by atoms with E-state index in [1.165, 1.54) is 24.0 Å². The zero-order valence-corrected chi connectivity index (χ0v) is 22.7. The molecule has 9 heteroatoms. The Morgan fingerprint density at radius 3 is 2.42 bits per heavy atom. The van der Waals surface area contributed by atoms with Gasteiger partial charge >= 0.3 is 6.03 Å². The topological polar surface area (TPSA) is 124 Å². The number of rotatable bonds is 6. The minimum atomic E-state index is -0.586. The van der Waals surface area contributed by atoms with Crippen molar-refractivity contribution in [3.8, 4) is 0 Å². The largest absolute Gasteiger partial charge is 0.366 e. The second kappa shape index (κ2) is 12.4. The van der Waals surface area contributed by atoms with Gasteiger partial charge in [0.2, 0.25) is 5.96 Å². The van der Waals surface area contributed by atoms with Gasteiger partial charge in [-0.3, -0.25) is 9.69 Å². The number of allylic oxidation sites excluding steroid dienone is 2. The second-order valence-corrected chi connectivity index (χ2v) is 9.94. The molecule has 3 aromatic rings. The summed E-state index contributed by atoms with van der Waals surface area (Å²) < 4.78 is 0.911. The number of amides is 3. The van der Waals surface area contributed by atoms with Crippen molar-refractivity contribution in [3.05, 3.63) is 99.5 Å². The number of nitrogens with one attached hydrogen (secondary N) is 2. The molecule has 0 saturated heterocycles. The molecule has 1 aliphatic carbocycles. The average molecular weight is 573 g/mol. The fourth-order valence-corrected chi connectivity index (χ4v) is 4.61. The molecule has 0 heterocycles. The van der Waals surface area contributed by atoms with E-state index >= 15 is 0 Å². The van der Waals surface area contributed by atoms with Gasteiger partial charge in [0.25, 0.3) is 5.91 Å². The highest BCUT2D eigenvalue weighted by atomic mass is 79.9. The summed E-state index contributed by atoms with van der Waals surface area (Å²) in [6.07, 6.45) is 6.90. The van der Waals surface area contributed by atoms with Crippen molar-refractivity contribution in [2.45, 2.75) is 39.2 Å². The lowest BCUT2D eigenvalue weighted by Crippen LogP contribution is -2.34. The monoisotopic (exact) mass is 572 g/mol. The van der Waals surface area contributed by atoms with Gasteiger partial charge in [0.15, 0.2) is 0 Å². The summed E-state index contributed by atoms with van der Waals surface area (Å²) in [5.41, 5.74) is 18.4. The number of hydrogen-bond donors (Lipinski definition) is 3. The van der Waals surface area contributed by atoms with Gasteiger partial charge in [-0.05, 0) is 91.3 Å². The highest BCUT2D eigenvalue weighted by Gasteiger charge is 2.18. The van der Waals surface area contributed by atoms with E-state index in [2.05, 4.69) is 49.6 Å². The molecule has 194 valence electrons. The van der Waals surface area contributed by atoms with Crippen molar-refractivity contribution in [1.82, 2.24) is 0 Å². The van der Waals surface area contributed by atoms with E-state index in [1.807, 2.05) is 37.3 Å². The smallest absolute Gasteiger partial charge is 0.326 e. The standard InChI is InChI=1S/C29H29BrN6O2/c1-19-7-14-24(17-26(19)30)33-29(38)36(25-15-12-22(13-16-25)21-5-3-2-4-6-21)18-20-8-10-23(11-9-20)27(37)34-28(31)35-32/h5,7-17,32H,2-4,6,18H2,1H3,(H,33,38)(H2,31,34,37). The molecule has 0 bridgehead atoms. The summed E-state index contributed by atoms with van der Waals surface area (Å²) in [5, 5.41) is 5.94. The molecule has 0 aromatic heterocycles. The van der Waals surface area contributed by atoms with Crippen LogP contribution in [0.25, 0.3) is 5.57 Å². The minimum Gasteiger partial charge on any atom is -0.366 e. The van der Waals surface area contributed by atoms with Crippen LogP contribution >= 0.6 is 15.9 Å². The van der Waals surface area contributed by atoms with Crippen molar-refractivity contribution in [3.63, 3.8) is 0 Å². The van der Waals surface area contributed by atoms with Crippen LogP contribution in [-0.4, -0.2) is 17.9 Å². The molecule has 0 spiro atoms. The van der Waals surface area contributed by atoms with Crippen LogP contribution in [-0.2, 0) is 6.54 Å². The molecule has 3 aromatic carbocycles. The van der Waals surface area contributed by atoms with Crippen LogP contribution in [0, 0.1) is 12.5 Å². The number of guanidine groups is 1. The van der Waals surface area contributed by atoms with E-state index in [0.717, 1.165) is 34.1 Å². The van der Waals surface area contributed by atoms with Crippen molar-refractivity contribution < 1.29 is 9.59 Å². The van der Waals surface area contributed by atoms with Crippen LogP contribution in [0.15, 0.2) is 87.4 Å². The molecule has 0 unspecified atom stereocenters. The number of aliphatic imine (C=N–C) groups is 1. The molecular formula is C29H29BrN6O2. The van der Waals surface area contributed by atoms with E-state index in [0.29, 0.717) is 11.3 Å². The number of nitrogens with zero attached hydrogens (tertiary/aromatic N) is 3. The Balaban J connectivity index is 1.59. The number of benzene rings is 3. The molecule has 0 aliphatic heterocycles. The van der Waals surface area contributed by atoms with Gasteiger partial charge in [-0.15, -0.1) is 5.11 Å². The fraction of sp³-hybridized carbons (Fsp3) is 0.207. The zero-order chi connectivity index (χ0) is 27.1. The predicted molar refractivity (Wildman–Crippen MR) is 155 cm³/mol. The van der Waals surface area contributed by atoms with Gasteiger partial charge in [-0.2, -0.15) is 4.99 Å². The number of carbonyl (C=O) groups is 2. The Morgan fingerprint density at radius 2 is 1.79 bits per heavy atom. The summed E-state index contributed by atoms with van der Waals surface area (Å²) in [4.78, 5) is 30.9. The quantitative estimate of drug-likeness (QED) is 0.161. The molecule has 4 N–H and O–H groups in total. The highest BCUT2D eigenvalue weighted by Crippen LogP contribution is 2.29. The second-order valence-electron chi connectivity index (χ2n) is 9.09. The summed E-state index contributed by atoms with van der Waals surface area (Å²) in [6, 6.07) is 20.2. The van der Waals surface area contributed by atoms with Crippen molar-refractivity contribution in [1.29, 1.82) is 5.53 Å². The van der Waals surface area contributed by atoms with Gasteiger partial charge in [0.05, 0.1) is 6.54 Å². The Morgan fingerprint density at radius 1 is 1.05 bits per heavy atom. The van der Waals surface area contributed by atoms with Crippen LogP contribution in [0.5, 0.6) is 0 Å². The summed E-state index contributed by atoms with van der Waals surface area (Å²) in [5.74, 6) is -0.991. The number of urea groups is 1. The van der Waals surface area contributed by atoms with Gasteiger partial charge in [-0.25, -0.2) is 10.3 Å². The van der Waals surface area contributed by atoms with E-state index in [1.54, 1.807) is 29.2 Å². The van der Waals surface area contributed by atoms with E-state index in [9.17, 15) is 9.59 Å². The van der Waals surface area contributed by atoms with Gasteiger partial charge < -0.3 is 11.1 Å². The number of hydrogen-bond acceptors (Lipinski definition) is 3. The average Bonchev–Trinajstić information content (AvgIpc) is 2.94. The number of aryl methyl sites for hydroxylation is 1. The molecular weight excluding hydrogens is 544 g/mol. The maximum Gasteiger partial charge on any atom is 0.326 e. The van der Waals surface area contributed by atoms with Gasteiger partial charge in [0, 0.05) is 21.4 Å². The first-order chi connectivity index (χ1) is 18.3. The molecule has 8 nitrogen and oxygen atoms in total. The van der Waals surface area contributed by atoms with Gasteiger partial charge in [0.1, 0.15) is 0 Å². The van der Waals surface area contributed by atoms with Crippen LogP contribution in [0.2, 0.25) is 0 Å². The number of anilines is 2. The fourth-order valence-electron chi connectivity index (χ4n) is 4.23. The Labute approximate surface area is 230 Å². The summed E-state index contributed by atoms with van der Waals surface area (Å²) in [6.45, 7) is 2.27. The first kappa shape index (κ1) is 26.9. The predicted octanol–water partition coefficient (Wildman–Crippen LogP) is 7.44. The maximum atomic E-state index is 13.5. The number of halogens is 1. The van der Waals surface area contributed by atoms with Crippen molar-refractivity contribution >= 4 is 50.8 Å². The van der Waals surface area contributed by atoms with Gasteiger partial charge in [-0.1, -0.05) is 52.3 Å². The molecule has 4 rings (SSSR count). The lowest BCUT2D eigenvalue weighted by molar-refractivity contribution is 0.100. The summed E-state index contributed by atoms with van der Waals surface area (Å²) in [7, 11) is 0. The highest BCUT2D eigenvalue weighted by molar-refractivity contribution is 9.10. The molecule has 0 saturated carbocycles. The first-order valence-electron chi connectivity index (χ1n) is 12.3. The van der Waals surface area contributed by atoms with Crippen LogP contribution in [0.3, 0.4) is 0 Å². The molecule has 0 atom stereocenters. The molecule has 3 amide bonds. The first-order valence-corrected chi connectivity index (χ1v) is 13.1. The third-order valence-corrected chi connectivity index (χ3v) is 7.24. The third-order valence-electron chi connectivity index (χ3n) is 6.38. The van der Waals surface area contributed by atoms with Crippen molar-refractivity contribution in [2.75, 3.05) is 10.2 Å². The maximum absolute atomic E-state index is 13.5. The lowest BCUT2D eigenvalue weighted by atomic mass is 9.93. The number of carbonyl (C=O) groups excluding carboxylic acids is 2. The Hall–Kier alpha value is -4.11. The minimum absolute atomic E-state index is 0.278. The molecule has 38 heavy (non-hydrogen) atoms. The van der Waals surface area contributed by atoms with Crippen LogP contribution in [0.1, 0.15) is 52.7 Å². The zero-order valence-electron chi connectivity index (χ0n) is 21.1. The SMILES string of the molecule is Cc1ccc(NC(=O)N(Cc2ccc(C(=O)N=C(N)N=N)cc2)c2ccc(C3=CCCCC3)cc2)cc1Br. The molecule has 1 aliphatic rings. The van der Waals surface area contributed by atoms with E-state index < -0.39 is 11.9 Å². The Kier molecular flexibility index (Phi) is 8.81. The lowest BCUT2D eigenvalue weighted by Gasteiger charge is -2.24. The van der Waals surface area contributed by atoms with Crippen LogP contribution < -0.4 is 16.0 Å². The summed E-state index contributed by atoms with van der Waals surface area (Å²) >= 11 is 3.52. The molecule has 0 fully saturated rings. The van der Waals surface area contributed by atoms with E-state index in [-0.39, 0.29) is 12.6 Å². The van der Waals surface area contributed by atoms with Crippen molar-refractivity contribution in [2.24, 2.45) is 15.8 Å². The molecule has 0 radical (unpaired) electrons. The van der Waals surface area contributed by atoms with E-state index in [4.69, 9.17) is 11.3 Å². The number of nitrogens with two attached hydrogens (primary N) is 1. The Bertz CT molecular complexity index is 1400. The normalized spacial score (nSPS) is 13.4.